The molecule has 1 heterocycles. The fraction of sp³-hybridized carbons (Fsp3) is 0.0714. The van der Waals surface area contributed by atoms with Gasteiger partial charge in [-0.05, 0) is 29.8 Å². The Morgan fingerprint density at radius 1 is 1.40 bits per heavy atom. The van der Waals surface area contributed by atoms with Crippen molar-refractivity contribution in [3.05, 3.63) is 47.4 Å². The van der Waals surface area contributed by atoms with Crippen LogP contribution in [-0.2, 0) is 4.74 Å². The lowest BCUT2D eigenvalue weighted by molar-refractivity contribution is 0.0595. The zero-order valence-electron chi connectivity index (χ0n) is 10.6. The number of methoxy groups -OCH3 is 1. The lowest BCUT2D eigenvalue weighted by Gasteiger charge is -2.08. The van der Waals surface area contributed by atoms with Gasteiger partial charge < -0.3 is 10.5 Å². The van der Waals surface area contributed by atoms with Crippen LogP contribution in [0.4, 0.5) is 10.2 Å². The highest BCUT2D eigenvalue weighted by Crippen LogP contribution is 2.26. The molecule has 0 aliphatic heterocycles. The summed E-state index contributed by atoms with van der Waals surface area (Å²) in [6.07, 6.45) is 0. The fourth-order valence-corrected chi connectivity index (χ4v) is 1.74. The number of anilines is 1. The number of carbonyl (C=O) groups excluding carboxylic acids is 1. The molecule has 2 rings (SSSR count). The van der Waals surface area contributed by atoms with Crippen LogP contribution in [0, 0.1) is 17.1 Å². The number of hydrogen-bond acceptors (Lipinski definition) is 5. The van der Waals surface area contributed by atoms with E-state index in [0.717, 1.165) is 6.07 Å². The zero-order valence-corrected chi connectivity index (χ0v) is 10.6. The molecule has 0 saturated heterocycles. The van der Waals surface area contributed by atoms with E-state index in [-0.39, 0.29) is 17.1 Å². The Labute approximate surface area is 114 Å². The second-order valence-electron chi connectivity index (χ2n) is 3.93. The molecule has 6 heteroatoms. The van der Waals surface area contributed by atoms with E-state index in [4.69, 9.17) is 11.0 Å². The first-order chi connectivity index (χ1) is 9.56. The fourth-order valence-electron chi connectivity index (χ4n) is 1.74. The van der Waals surface area contributed by atoms with Crippen molar-refractivity contribution in [2.45, 2.75) is 0 Å². The molecule has 0 saturated carbocycles. The summed E-state index contributed by atoms with van der Waals surface area (Å²) >= 11 is 0. The molecule has 0 fully saturated rings. The third-order valence-corrected chi connectivity index (χ3v) is 2.69. The quantitative estimate of drug-likeness (QED) is 0.845. The Balaban J connectivity index is 2.64. The number of esters is 1. The standard InChI is InChI=1S/C14H10FN3O2/c1-20-14(19)13-10(3-5-12(17)18-13)8-2-4-11(15)9(6-8)7-16/h2-6H,1H3,(H2,17,18). The van der Waals surface area contributed by atoms with Crippen LogP contribution >= 0.6 is 0 Å². The van der Waals surface area contributed by atoms with Gasteiger partial charge in [-0.25, -0.2) is 14.2 Å². The van der Waals surface area contributed by atoms with Crippen molar-refractivity contribution in [1.82, 2.24) is 4.98 Å². The van der Waals surface area contributed by atoms with E-state index >= 15 is 0 Å². The monoisotopic (exact) mass is 271 g/mol. The average Bonchev–Trinajstić information content (AvgIpc) is 2.47. The molecule has 0 radical (unpaired) electrons. The number of nitrogens with two attached hydrogens (primary N) is 1. The van der Waals surface area contributed by atoms with E-state index in [1.54, 1.807) is 12.1 Å². The minimum atomic E-state index is -0.657. The Kier molecular flexibility index (Phi) is 3.62. The molecule has 0 aliphatic rings. The van der Waals surface area contributed by atoms with Crippen molar-refractivity contribution in [1.29, 1.82) is 5.26 Å². The van der Waals surface area contributed by atoms with Crippen molar-refractivity contribution < 1.29 is 13.9 Å². The number of nitrogen functional groups attached to an aromatic ring is 1. The van der Waals surface area contributed by atoms with Gasteiger partial charge in [0.2, 0.25) is 0 Å². The summed E-state index contributed by atoms with van der Waals surface area (Å²) in [5, 5.41) is 8.84. The smallest absolute Gasteiger partial charge is 0.357 e. The SMILES string of the molecule is COC(=O)c1nc(N)ccc1-c1ccc(F)c(C#N)c1. The molecule has 1 aromatic carbocycles. The predicted molar refractivity (Wildman–Crippen MR) is 70.1 cm³/mol. The third-order valence-electron chi connectivity index (χ3n) is 2.69. The maximum absolute atomic E-state index is 13.3. The van der Waals surface area contributed by atoms with Crippen molar-refractivity contribution >= 4 is 11.8 Å². The summed E-state index contributed by atoms with van der Waals surface area (Å²) in [7, 11) is 1.22. The molecule has 5 nitrogen and oxygen atoms in total. The van der Waals surface area contributed by atoms with Crippen LogP contribution in [-0.4, -0.2) is 18.1 Å². The maximum atomic E-state index is 13.3. The number of aromatic nitrogens is 1. The molecule has 20 heavy (non-hydrogen) atoms. The molecule has 100 valence electrons. The molecule has 0 unspecified atom stereocenters. The Bertz CT molecular complexity index is 723. The van der Waals surface area contributed by atoms with Crippen LogP contribution in [0.5, 0.6) is 0 Å². The molecule has 0 bridgehead atoms. The maximum Gasteiger partial charge on any atom is 0.357 e. The van der Waals surface area contributed by atoms with Crippen molar-refractivity contribution in [3.63, 3.8) is 0 Å². The number of nitriles is 1. The summed E-state index contributed by atoms with van der Waals surface area (Å²) < 4.78 is 18.0. The highest BCUT2D eigenvalue weighted by Gasteiger charge is 2.16. The molecule has 1 aromatic heterocycles. The average molecular weight is 271 g/mol. The number of ether oxygens (including phenoxy) is 1. The summed E-state index contributed by atoms with van der Waals surface area (Å²) in [4.78, 5) is 15.6. The van der Waals surface area contributed by atoms with Crippen LogP contribution in [0.3, 0.4) is 0 Å². The van der Waals surface area contributed by atoms with E-state index in [9.17, 15) is 9.18 Å². The summed E-state index contributed by atoms with van der Waals surface area (Å²) in [5.41, 5.74) is 6.35. The second kappa shape index (κ2) is 5.36. The molecule has 0 spiro atoms. The van der Waals surface area contributed by atoms with Gasteiger partial charge in [-0.15, -0.1) is 0 Å². The first kappa shape index (κ1) is 13.5. The Morgan fingerprint density at radius 3 is 2.80 bits per heavy atom. The first-order valence-electron chi connectivity index (χ1n) is 5.61. The molecule has 0 atom stereocenters. The van der Waals surface area contributed by atoms with Crippen molar-refractivity contribution in [2.75, 3.05) is 12.8 Å². The number of hydrogen-bond donors (Lipinski definition) is 1. The molecular weight excluding hydrogens is 261 g/mol. The highest BCUT2D eigenvalue weighted by molar-refractivity contribution is 5.95. The molecule has 0 amide bonds. The van der Waals surface area contributed by atoms with E-state index in [2.05, 4.69) is 9.72 Å². The second-order valence-corrected chi connectivity index (χ2v) is 3.93. The van der Waals surface area contributed by atoms with Gasteiger partial charge >= 0.3 is 5.97 Å². The highest BCUT2D eigenvalue weighted by atomic mass is 19.1. The number of carbonyl (C=O) groups is 1. The van der Waals surface area contributed by atoms with Crippen molar-refractivity contribution in [2.24, 2.45) is 0 Å². The zero-order chi connectivity index (χ0) is 14.7. The van der Waals surface area contributed by atoms with Crippen LogP contribution in [0.25, 0.3) is 11.1 Å². The number of pyridine rings is 1. The van der Waals surface area contributed by atoms with Gasteiger partial charge in [0.05, 0.1) is 12.7 Å². The van der Waals surface area contributed by atoms with Crippen molar-refractivity contribution in [3.8, 4) is 17.2 Å². The van der Waals surface area contributed by atoms with Gasteiger partial charge in [0.1, 0.15) is 17.7 Å². The number of benzene rings is 1. The Hall–Kier alpha value is -2.94. The van der Waals surface area contributed by atoms with E-state index < -0.39 is 11.8 Å². The predicted octanol–water partition coefficient (Wildman–Crippen LogP) is 2.13. The van der Waals surface area contributed by atoms with Crippen LogP contribution in [0.15, 0.2) is 30.3 Å². The van der Waals surface area contributed by atoms with Crippen LogP contribution in [0.2, 0.25) is 0 Å². The number of rotatable bonds is 2. The lowest BCUT2D eigenvalue weighted by Crippen LogP contribution is -2.08. The van der Waals surface area contributed by atoms with Crippen LogP contribution in [0.1, 0.15) is 16.1 Å². The molecular formula is C14H10FN3O2. The topological polar surface area (TPSA) is 89.0 Å². The third kappa shape index (κ3) is 2.42. The van der Waals surface area contributed by atoms with Gasteiger partial charge in [0.15, 0.2) is 5.69 Å². The largest absolute Gasteiger partial charge is 0.464 e. The summed E-state index contributed by atoms with van der Waals surface area (Å²) in [6, 6.07) is 8.78. The summed E-state index contributed by atoms with van der Waals surface area (Å²) in [6.45, 7) is 0. The van der Waals surface area contributed by atoms with E-state index in [1.807, 2.05) is 0 Å². The van der Waals surface area contributed by atoms with Gasteiger partial charge in [0, 0.05) is 5.56 Å². The van der Waals surface area contributed by atoms with Gasteiger partial charge in [-0.2, -0.15) is 5.26 Å². The normalized spacial score (nSPS) is 9.85. The molecule has 2 N–H and O–H groups in total. The van der Waals surface area contributed by atoms with Gasteiger partial charge in [-0.1, -0.05) is 6.07 Å². The minimum Gasteiger partial charge on any atom is -0.464 e. The molecule has 0 aliphatic carbocycles. The lowest BCUT2D eigenvalue weighted by atomic mass is 10.0. The van der Waals surface area contributed by atoms with Crippen LogP contribution < -0.4 is 5.73 Å². The van der Waals surface area contributed by atoms with E-state index in [1.165, 1.54) is 25.3 Å². The summed E-state index contributed by atoms with van der Waals surface area (Å²) in [5.74, 6) is -1.12. The van der Waals surface area contributed by atoms with E-state index in [0.29, 0.717) is 11.1 Å². The Morgan fingerprint density at radius 2 is 2.15 bits per heavy atom. The first-order valence-corrected chi connectivity index (χ1v) is 5.61. The molecule has 2 aromatic rings. The number of nitrogens with zero attached hydrogens (tertiary/aromatic N) is 2. The number of halogens is 1. The van der Waals surface area contributed by atoms with Gasteiger partial charge in [-0.3, -0.25) is 0 Å². The minimum absolute atomic E-state index is 0.0167. The van der Waals surface area contributed by atoms with Gasteiger partial charge in [0.25, 0.3) is 0 Å².